The summed E-state index contributed by atoms with van der Waals surface area (Å²) in [6.07, 6.45) is 10.5. The number of esters is 1. The molecule has 0 aliphatic carbocycles. The molecule has 6 atom stereocenters. The zero-order chi connectivity index (χ0) is 21.5. The van der Waals surface area contributed by atoms with Crippen molar-refractivity contribution in [1.29, 1.82) is 0 Å². The zero-order valence-electron chi connectivity index (χ0n) is 17.5. The van der Waals surface area contributed by atoms with Gasteiger partial charge in [-0.25, -0.2) is 0 Å². The number of rotatable bonds is 5. The third-order valence-corrected chi connectivity index (χ3v) is 8.48. The van der Waals surface area contributed by atoms with E-state index in [1.165, 1.54) is 16.7 Å². The molecule has 2 saturated heterocycles. The number of thioether (sulfide) groups is 1. The summed E-state index contributed by atoms with van der Waals surface area (Å²) in [5.41, 5.74) is 0. The number of hydrogen-bond donors (Lipinski definition) is 1. The van der Waals surface area contributed by atoms with Crippen LogP contribution in [0.2, 0.25) is 0 Å². The molecule has 4 aliphatic rings. The van der Waals surface area contributed by atoms with Crippen molar-refractivity contribution in [2.45, 2.75) is 55.2 Å². The van der Waals surface area contributed by atoms with Gasteiger partial charge in [-0.2, -0.15) is 0 Å². The zero-order valence-corrected chi connectivity index (χ0v) is 18.3. The van der Waals surface area contributed by atoms with Gasteiger partial charge in [0.25, 0.3) is 0 Å². The Morgan fingerprint density at radius 3 is 2.83 bits per heavy atom. The van der Waals surface area contributed by atoms with Crippen molar-refractivity contribution >= 4 is 29.5 Å². The van der Waals surface area contributed by atoms with E-state index in [2.05, 4.69) is 6.92 Å². The molecule has 0 aromatic rings. The fourth-order valence-electron chi connectivity index (χ4n) is 5.44. The summed E-state index contributed by atoms with van der Waals surface area (Å²) in [7, 11) is 0. The van der Waals surface area contributed by atoms with Crippen LogP contribution in [0.1, 0.15) is 33.1 Å². The van der Waals surface area contributed by atoms with E-state index in [0.29, 0.717) is 19.6 Å². The highest BCUT2D eigenvalue weighted by molar-refractivity contribution is 8.02. The Hall–Kier alpha value is -1.80. The van der Waals surface area contributed by atoms with Crippen LogP contribution < -0.4 is 0 Å². The topological polar surface area (TPSA) is 87.2 Å². The number of cyclic esters (lactones) is 1. The van der Waals surface area contributed by atoms with E-state index >= 15 is 0 Å². The molecule has 4 aliphatic heterocycles. The minimum atomic E-state index is -0.826. The Morgan fingerprint density at radius 1 is 1.30 bits per heavy atom. The maximum Gasteiger partial charge on any atom is 0.311 e. The second-order valence-electron chi connectivity index (χ2n) is 8.51. The summed E-state index contributed by atoms with van der Waals surface area (Å²) in [6, 6.07) is -0.669. The van der Waals surface area contributed by atoms with Crippen molar-refractivity contribution in [3.8, 4) is 0 Å². The van der Waals surface area contributed by atoms with Gasteiger partial charge >= 0.3 is 5.97 Å². The van der Waals surface area contributed by atoms with Crippen molar-refractivity contribution in [3.05, 3.63) is 24.3 Å². The largest absolute Gasteiger partial charge is 0.465 e. The first kappa shape index (κ1) is 21.4. The molecule has 2 amide bonds. The van der Waals surface area contributed by atoms with Crippen LogP contribution in [0.3, 0.4) is 0 Å². The number of hydrogen-bond acceptors (Lipinski definition) is 6. The van der Waals surface area contributed by atoms with Gasteiger partial charge in [0.05, 0.1) is 29.8 Å². The normalized spacial score (nSPS) is 36.6. The average molecular weight is 435 g/mol. The molecule has 4 heterocycles. The number of carbonyl (C=O) groups is 3. The van der Waals surface area contributed by atoms with E-state index in [1.807, 2.05) is 36.1 Å². The summed E-state index contributed by atoms with van der Waals surface area (Å²) in [6.45, 7) is 4.77. The number of aliphatic hydroxyl groups excluding tert-OH is 1. The number of likely N-dealkylation sites (tertiary alicyclic amines) is 1. The van der Waals surface area contributed by atoms with Crippen LogP contribution in [0.5, 0.6) is 0 Å². The van der Waals surface area contributed by atoms with Gasteiger partial charge in [-0.3, -0.25) is 14.4 Å². The molecule has 0 radical (unpaired) electrons. The number of β-amino-alcohol motifs (C(OH)–C–C–N with tert-alkyl or cyclic N) is 1. The van der Waals surface area contributed by atoms with E-state index in [4.69, 9.17) is 4.74 Å². The quantitative estimate of drug-likeness (QED) is 0.519. The molecule has 30 heavy (non-hydrogen) atoms. The molecular formula is C22H30N2O5S. The summed E-state index contributed by atoms with van der Waals surface area (Å²) in [5, 5.41) is 9.43. The van der Waals surface area contributed by atoms with Crippen molar-refractivity contribution < 1.29 is 24.2 Å². The van der Waals surface area contributed by atoms with Gasteiger partial charge in [0.1, 0.15) is 6.04 Å². The molecule has 0 aromatic heterocycles. The van der Waals surface area contributed by atoms with Crippen LogP contribution in [0, 0.1) is 11.8 Å². The Morgan fingerprint density at radius 2 is 2.10 bits per heavy atom. The predicted molar refractivity (Wildman–Crippen MR) is 114 cm³/mol. The highest BCUT2D eigenvalue weighted by Crippen LogP contribution is 2.60. The monoisotopic (exact) mass is 434 g/mol. The lowest BCUT2D eigenvalue weighted by atomic mass is 9.78. The van der Waals surface area contributed by atoms with E-state index < -0.39 is 22.6 Å². The number of ether oxygens (including phenoxy) is 1. The number of carbonyl (C=O) groups excluding carboxylic acids is 3. The van der Waals surface area contributed by atoms with Gasteiger partial charge in [-0.05, 0) is 19.8 Å². The second kappa shape index (κ2) is 8.38. The molecule has 2 unspecified atom stereocenters. The van der Waals surface area contributed by atoms with Gasteiger partial charge < -0.3 is 19.6 Å². The summed E-state index contributed by atoms with van der Waals surface area (Å²) in [5.74, 6) is -1.98. The van der Waals surface area contributed by atoms with E-state index in [-0.39, 0.29) is 42.2 Å². The van der Waals surface area contributed by atoms with Crippen LogP contribution in [-0.2, 0) is 19.1 Å². The molecule has 0 bridgehead atoms. The third-order valence-electron chi connectivity index (χ3n) is 6.73. The highest BCUT2D eigenvalue weighted by atomic mass is 32.2. The van der Waals surface area contributed by atoms with Crippen LogP contribution in [-0.4, -0.2) is 81.1 Å². The first-order valence-corrected chi connectivity index (χ1v) is 11.7. The molecule has 1 N–H and O–H groups in total. The van der Waals surface area contributed by atoms with Crippen molar-refractivity contribution in [2.24, 2.45) is 11.8 Å². The van der Waals surface area contributed by atoms with Gasteiger partial charge in [0.15, 0.2) is 0 Å². The van der Waals surface area contributed by atoms with Crippen LogP contribution in [0.15, 0.2) is 24.3 Å². The first-order valence-electron chi connectivity index (χ1n) is 10.9. The SMILES string of the molecule is CCCC(C)N1CC=C[C@]23S[C@H]4C=CCCOC(=O)[C@H]4[C@H]2C(=O)N(CCO)C3C1=O. The van der Waals surface area contributed by atoms with Gasteiger partial charge in [-0.1, -0.05) is 37.6 Å². The molecule has 8 heteroatoms. The number of fused-ring (bicyclic) bond motifs is 2. The highest BCUT2D eigenvalue weighted by Gasteiger charge is 2.71. The smallest absolute Gasteiger partial charge is 0.311 e. The molecule has 7 nitrogen and oxygen atoms in total. The molecule has 0 aromatic carbocycles. The van der Waals surface area contributed by atoms with Crippen molar-refractivity contribution in [1.82, 2.24) is 9.80 Å². The lowest BCUT2D eigenvalue weighted by molar-refractivity contribution is -0.153. The maximum atomic E-state index is 13.8. The van der Waals surface area contributed by atoms with Crippen LogP contribution >= 0.6 is 11.8 Å². The Labute approximate surface area is 181 Å². The van der Waals surface area contributed by atoms with Gasteiger partial charge in [-0.15, -0.1) is 11.8 Å². The summed E-state index contributed by atoms with van der Waals surface area (Å²) >= 11 is 1.53. The Balaban J connectivity index is 1.79. The average Bonchev–Trinajstić information content (AvgIpc) is 3.07. The second-order valence-corrected chi connectivity index (χ2v) is 10.00. The number of aliphatic hydroxyl groups is 1. The molecular weight excluding hydrogens is 404 g/mol. The maximum absolute atomic E-state index is 13.8. The Bertz CT molecular complexity index is 783. The van der Waals surface area contributed by atoms with Crippen molar-refractivity contribution in [3.63, 3.8) is 0 Å². The fraction of sp³-hybridized carbons (Fsp3) is 0.682. The third kappa shape index (κ3) is 3.19. The molecule has 164 valence electrons. The molecule has 4 rings (SSSR count). The standard InChI is InChI=1S/C22H30N2O5S/c1-3-7-14(2)23-10-6-9-22-17(19(26)24(11-12-25)18(22)20(23)27)16-15(30-22)8-4-5-13-29-21(16)28/h4,6,8-9,14-18,25H,3,5,7,10-13H2,1-2H3/t14?,15-,16+,17-,18?,22-/m0/s1. The van der Waals surface area contributed by atoms with Gasteiger partial charge in [0.2, 0.25) is 11.8 Å². The predicted octanol–water partition coefficient (Wildman–Crippen LogP) is 1.37. The summed E-state index contributed by atoms with van der Waals surface area (Å²) < 4.78 is 4.60. The first-order chi connectivity index (χ1) is 14.5. The molecule has 2 fully saturated rings. The van der Waals surface area contributed by atoms with Gasteiger partial charge in [0, 0.05) is 24.4 Å². The lowest BCUT2D eigenvalue weighted by Crippen LogP contribution is -2.55. The van der Waals surface area contributed by atoms with E-state index in [9.17, 15) is 19.5 Å². The minimum absolute atomic E-state index is 0.0531. The molecule has 1 spiro atoms. The lowest BCUT2D eigenvalue weighted by Gasteiger charge is -2.37. The minimum Gasteiger partial charge on any atom is -0.465 e. The Kier molecular flexibility index (Phi) is 5.99. The van der Waals surface area contributed by atoms with Crippen LogP contribution in [0.4, 0.5) is 0 Å². The number of amides is 2. The fourth-order valence-corrected chi connectivity index (χ4v) is 7.44. The summed E-state index contributed by atoms with van der Waals surface area (Å²) in [4.78, 5) is 43.6. The van der Waals surface area contributed by atoms with E-state index in [1.54, 1.807) is 0 Å². The molecule has 0 saturated carbocycles. The van der Waals surface area contributed by atoms with Crippen molar-refractivity contribution in [2.75, 3.05) is 26.3 Å². The van der Waals surface area contributed by atoms with E-state index in [0.717, 1.165) is 12.8 Å². The number of nitrogens with zero attached hydrogens (tertiary/aromatic N) is 2. The van der Waals surface area contributed by atoms with Crippen LogP contribution in [0.25, 0.3) is 0 Å².